The van der Waals surface area contributed by atoms with Gasteiger partial charge in [-0.05, 0) is 37.5 Å². The lowest BCUT2D eigenvalue weighted by atomic mass is 9.91. The SMILES string of the molecule is C/C(=C\CSC[C@H](NC(=O)CCC(=O)O)C(=O)O)CCCC(C)CCCC(C)CCCC(C)C. The van der Waals surface area contributed by atoms with E-state index in [-0.39, 0.29) is 18.6 Å². The van der Waals surface area contributed by atoms with E-state index in [2.05, 4.69) is 46.0 Å². The number of hydrogen-bond donors (Lipinski definition) is 3. The van der Waals surface area contributed by atoms with Crippen LogP contribution < -0.4 is 5.32 Å². The van der Waals surface area contributed by atoms with Gasteiger partial charge in [0, 0.05) is 17.9 Å². The lowest BCUT2D eigenvalue weighted by Crippen LogP contribution is -2.42. The normalized spacial score (nSPS) is 14.6. The third-order valence-corrected chi connectivity index (χ3v) is 7.15. The molecule has 0 aliphatic carbocycles. The van der Waals surface area contributed by atoms with E-state index in [4.69, 9.17) is 5.11 Å². The number of carbonyl (C=O) groups excluding carboxylic acids is 1. The summed E-state index contributed by atoms with van der Waals surface area (Å²) in [7, 11) is 0. The summed E-state index contributed by atoms with van der Waals surface area (Å²) < 4.78 is 0. The Morgan fingerprint density at radius 3 is 1.91 bits per heavy atom. The van der Waals surface area contributed by atoms with Gasteiger partial charge in [0.2, 0.25) is 5.91 Å². The van der Waals surface area contributed by atoms with Crippen molar-refractivity contribution in [2.45, 2.75) is 111 Å². The summed E-state index contributed by atoms with van der Waals surface area (Å²) in [5.41, 5.74) is 1.32. The Hall–Kier alpha value is -1.50. The van der Waals surface area contributed by atoms with Crippen LogP contribution in [0.15, 0.2) is 11.6 Å². The van der Waals surface area contributed by atoms with Gasteiger partial charge in [-0.25, -0.2) is 4.79 Å². The molecule has 0 saturated carbocycles. The summed E-state index contributed by atoms with van der Waals surface area (Å²) in [6, 6.07) is -1.00. The maximum atomic E-state index is 11.7. The molecule has 3 atom stereocenters. The number of allylic oxidation sites excluding steroid dienone is 1. The Bertz CT molecular complexity index is 620. The zero-order chi connectivity index (χ0) is 25.9. The molecule has 0 rings (SSSR count). The number of thioether (sulfide) groups is 1. The van der Waals surface area contributed by atoms with Crippen LogP contribution in [0.1, 0.15) is 105 Å². The highest BCUT2D eigenvalue weighted by atomic mass is 32.2. The molecule has 0 aromatic heterocycles. The highest BCUT2D eigenvalue weighted by molar-refractivity contribution is 7.99. The van der Waals surface area contributed by atoms with Crippen molar-refractivity contribution in [1.82, 2.24) is 5.32 Å². The molecular formula is C27H49NO5S. The minimum Gasteiger partial charge on any atom is -0.481 e. The average molecular weight is 500 g/mol. The van der Waals surface area contributed by atoms with Crippen LogP contribution in [0.5, 0.6) is 0 Å². The zero-order valence-corrected chi connectivity index (χ0v) is 22.9. The summed E-state index contributed by atoms with van der Waals surface area (Å²) in [4.78, 5) is 33.5. The maximum absolute atomic E-state index is 11.7. The Labute approximate surface area is 211 Å². The fourth-order valence-corrected chi connectivity index (χ4v) is 4.86. The van der Waals surface area contributed by atoms with Crippen LogP contribution in [0.25, 0.3) is 0 Å². The predicted octanol–water partition coefficient (Wildman–Crippen LogP) is 6.54. The van der Waals surface area contributed by atoms with Crippen LogP contribution in [0.2, 0.25) is 0 Å². The quantitative estimate of drug-likeness (QED) is 0.122. The number of carboxylic acid groups (broad SMARTS) is 2. The molecule has 0 bridgehead atoms. The maximum Gasteiger partial charge on any atom is 0.327 e. The summed E-state index contributed by atoms with van der Waals surface area (Å²) >= 11 is 1.46. The number of carboxylic acids is 2. The van der Waals surface area contributed by atoms with E-state index in [9.17, 15) is 19.5 Å². The largest absolute Gasteiger partial charge is 0.481 e. The van der Waals surface area contributed by atoms with E-state index < -0.39 is 23.9 Å². The van der Waals surface area contributed by atoms with Crippen molar-refractivity contribution in [2.24, 2.45) is 17.8 Å². The van der Waals surface area contributed by atoms with Crippen LogP contribution in [0.3, 0.4) is 0 Å². The molecule has 0 aromatic carbocycles. The van der Waals surface area contributed by atoms with E-state index >= 15 is 0 Å². The Balaban J connectivity index is 3.99. The minimum absolute atomic E-state index is 0.210. The molecule has 0 aliphatic heterocycles. The Morgan fingerprint density at radius 1 is 0.824 bits per heavy atom. The van der Waals surface area contributed by atoms with Crippen LogP contribution in [0, 0.1) is 17.8 Å². The van der Waals surface area contributed by atoms with Crippen molar-refractivity contribution in [3.63, 3.8) is 0 Å². The third kappa shape index (κ3) is 19.9. The molecule has 0 saturated heterocycles. The number of rotatable bonds is 21. The molecule has 0 aromatic rings. The van der Waals surface area contributed by atoms with Gasteiger partial charge in [-0.1, -0.05) is 84.3 Å². The molecule has 0 radical (unpaired) electrons. The molecule has 2 unspecified atom stereocenters. The standard InChI is InChI=1S/C27H49NO5S/c1-20(2)9-6-10-21(3)11-7-12-22(4)13-8-14-23(5)17-18-34-19-24(27(32)33)28-25(29)15-16-26(30)31/h17,20-22,24H,6-16,18-19H2,1-5H3,(H,28,29)(H,30,31)(H,32,33)/b23-17+/t21?,22?,24-/m0/s1. The molecule has 198 valence electrons. The van der Waals surface area contributed by atoms with E-state index in [1.165, 1.54) is 68.7 Å². The Morgan fingerprint density at radius 2 is 1.38 bits per heavy atom. The zero-order valence-electron chi connectivity index (χ0n) is 22.1. The van der Waals surface area contributed by atoms with Crippen molar-refractivity contribution < 1.29 is 24.6 Å². The van der Waals surface area contributed by atoms with Crippen molar-refractivity contribution in [2.75, 3.05) is 11.5 Å². The van der Waals surface area contributed by atoms with Crippen molar-refractivity contribution in [3.8, 4) is 0 Å². The molecule has 0 aliphatic rings. The van der Waals surface area contributed by atoms with E-state index in [1.54, 1.807) is 0 Å². The van der Waals surface area contributed by atoms with Gasteiger partial charge in [0.15, 0.2) is 0 Å². The van der Waals surface area contributed by atoms with Gasteiger partial charge in [-0.3, -0.25) is 9.59 Å². The second-order valence-electron chi connectivity index (χ2n) is 10.3. The van der Waals surface area contributed by atoms with E-state index in [1.807, 2.05) is 0 Å². The van der Waals surface area contributed by atoms with Crippen LogP contribution >= 0.6 is 11.8 Å². The lowest BCUT2D eigenvalue weighted by Gasteiger charge is -2.15. The van der Waals surface area contributed by atoms with Gasteiger partial charge in [0.1, 0.15) is 6.04 Å². The average Bonchev–Trinajstić information content (AvgIpc) is 2.73. The molecule has 0 spiro atoms. The number of carbonyl (C=O) groups is 3. The monoisotopic (exact) mass is 499 g/mol. The van der Waals surface area contributed by atoms with Gasteiger partial charge in [-0.2, -0.15) is 11.8 Å². The predicted molar refractivity (Wildman–Crippen MR) is 142 cm³/mol. The summed E-state index contributed by atoms with van der Waals surface area (Å²) in [6.07, 6.45) is 13.1. The van der Waals surface area contributed by atoms with Gasteiger partial charge in [0.05, 0.1) is 6.42 Å². The highest BCUT2D eigenvalue weighted by Gasteiger charge is 2.20. The number of hydrogen-bond acceptors (Lipinski definition) is 4. The lowest BCUT2D eigenvalue weighted by molar-refractivity contribution is -0.141. The number of aliphatic carboxylic acids is 2. The van der Waals surface area contributed by atoms with Gasteiger partial charge in [0.25, 0.3) is 0 Å². The first-order chi connectivity index (χ1) is 16.0. The van der Waals surface area contributed by atoms with Crippen molar-refractivity contribution in [1.29, 1.82) is 0 Å². The van der Waals surface area contributed by atoms with Crippen LogP contribution in [-0.4, -0.2) is 45.6 Å². The molecule has 0 fully saturated rings. The molecule has 6 nitrogen and oxygen atoms in total. The molecule has 0 heterocycles. The molecule has 34 heavy (non-hydrogen) atoms. The van der Waals surface area contributed by atoms with Crippen LogP contribution in [0.4, 0.5) is 0 Å². The van der Waals surface area contributed by atoms with Crippen molar-refractivity contribution >= 4 is 29.6 Å². The highest BCUT2D eigenvalue weighted by Crippen LogP contribution is 2.22. The smallest absolute Gasteiger partial charge is 0.327 e. The van der Waals surface area contributed by atoms with Gasteiger partial charge < -0.3 is 15.5 Å². The summed E-state index contributed by atoms with van der Waals surface area (Å²) in [6.45, 7) is 11.5. The van der Waals surface area contributed by atoms with Gasteiger partial charge >= 0.3 is 11.9 Å². The van der Waals surface area contributed by atoms with E-state index in [0.717, 1.165) is 24.2 Å². The number of nitrogens with one attached hydrogen (secondary N) is 1. The summed E-state index contributed by atoms with van der Waals surface area (Å²) in [5.74, 6) is 0.643. The topological polar surface area (TPSA) is 104 Å². The second-order valence-corrected chi connectivity index (χ2v) is 11.4. The fourth-order valence-electron chi connectivity index (χ4n) is 3.86. The molecular weight excluding hydrogens is 450 g/mol. The Kier molecular flexibility index (Phi) is 18.9. The van der Waals surface area contributed by atoms with Gasteiger partial charge in [-0.15, -0.1) is 0 Å². The first kappa shape index (κ1) is 32.5. The number of amides is 1. The fraction of sp³-hybridized carbons (Fsp3) is 0.815. The molecule has 7 heteroatoms. The van der Waals surface area contributed by atoms with Crippen molar-refractivity contribution in [3.05, 3.63) is 11.6 Å². The van der Waals surface area contributed by atoms with E-state index in [0.29, 0.717) is 5.75 Å². The summed E-state index contributed by atoms with van der Waals surface area (Å²) in [5, 5.41) is 20.3. The van der Waals surface area contributed by atoms with Crippen LogP contribution in [-0.2, 0) is 14.4 Å². The minimum atomic E-state index is -1.10. The first-order valence-corrected chi connectivity index (χ1v) is 14.1. The second kappa shape index (κ2) is 19.8. The third-order valence-electron chi connectivity index (χ3n) is 6.17. The first-order valence-electron chi connectivity index (χ1n) is 13.0. The molecule has 3 N–H and O–H groups in total. The molecule has 1 amide bonds.